The molecule has 3 fully saturated rings. The molecule has 0 saturated heterocycles. The zero-order valence-electron chi connectivity index (χ0n) is 21.1. The average Bonchev–Trinajstić information content (AvgIpc) is 3.16. The highest BCUT2D eigenvalue weighted by Crippen LogP contribution is 2.67. The molecule has 0 amide bonds. The molecule has 3 heteroatoms. The van der Waals surface area contributed by atoms with Crippen LogP contribution in [0, 0.1) is 34.5 Å². The van der Waals surface area contributed by atoms with Crippen LogP contribution < -0.4 is 0 Å². The van der Waals surface area contributed by atoms with Crippen LogP contribution in [0.1, 0.15) is 109 Å². The minimum absolute atomic E-state index is 0.317. The molecule has 4 aliphatic rings. The molecule has 0 bridgehead atoms. The van der Waals surface area contributed by atoms with E-state index in [4.69, 9.17) is 0 Å². The fourth-order valence-electron chi connectivity index (χ4n) is 8.89. The second kappa shape index (κ2) is 8.79. The van der Waals surface area contributed by atoms with E-state index >= 15 is 0 Å². The molecule has 1 aromatic rings. The lowest BCUT2D eigenvalue weighted by molar-refractivity contribution is -0.0718. The van der Waals surface area contributed by atoms with E-state index in [0.29, 0.717) is 10.8 Å². The molecule has 0 radical (unpaired) electrons. The Labute approximate surface area is 201 Å². The number of allylic oxidation sites excluding steroid dienone is 1. The van der Waals surface area contributed by atoms with Crippen LogP contribution in [0.2, 0.25) is 0 Å². The summed E-state index contributed by atoms with van der Waals surface area (Å²) in [5, 5.41) is 21.6. The third-order valence-electron chi connectivity index (χ3n) is 11.2. The number of pyridine rings is 1. The molecule has 1 aromatic heterocycles. The highest BCUT2D eigenvalue weighted by molar-refractivity contribution is 5.27. The van der Waals surface area contributed by atoms with Crippen LogP contribution in [-0.4, -0.2) is 20.8 Å². The molecule has 1 unspecified atom stereocenters. The second-order valence-electron chi connectivity index (χ2n) is 12.6. The van der Waals surface area contributed by atoms with Crippen molar-refractivity contribution in [3.8, 4) is 0 Å². The van der Waals surface area contributed by atoms with Crippen LogP contribution in [0.4, 0.5) is 0 Å². The van der Waals surface area contributed by atoms with Crippen molar-refractivity contribution in [2.24, 2.45) is 34.5 Å². The summed E-state index contributed by atoms with van der Waals surface area (Å²) in [6, 6.07) is 3.91. The van der Waals surface area contributed by atoms with Gasteiger partial charge in [0.05, 0.1) is 11.7 Å². The quantitative estimate of drug-likeness (QED) is 0.458. The molecule has 0 aliphatic heterocycles. The summed E-state index contributed by atoms with van der Waals surface area (Å²) in [7, 11) is 0. The van der Waals surface area contributed by atoms with Gasteiger partial charge in [-0.05, 0) is 117 Å². The van der Waals surface area contributed by atoms with Crippen molar-refractivity contribution in [1.29, 1.82) is 0 Å². The number of fused-ring (bicyclic) bond motifs is 5. The van der Waals surface area contributed by atoms with E-state index in [1.54, 1.807) is 18.0 Å². The first-order valence-corrected chi connectivity index (χ1v) is 13.8. The summed E-state index contributed by atoms with van der Waals surface area (Å²) in [6.45, 7) is 7.30. The van der Waals surface area contributed by atoms with Crippen molar-refractivity contribution in [3.63, 3.8) is 0 Å². The molecule has 182 valence electrons. The van der Waals surface area contributed by atoms with Gasteiger partial charge in [-0.3, -0.25) is 4.98 Å². The first-order chi connectivity index (χ1) is 15.8. The Kier molecular flexibility index (Phi) is 6.27. The predicted molar refractivity (Wildman–Crippen MR) is 133 cm³/mol. The topological polar surface area (TPSA) is 53.4 Å². The van der Waals surface area contributed by atoms with E-state index in [2.05, 4.69) is 31.8 Å². The van der Waals surface area contributed by atoms with Crippen LogP contribution in [0.5, 0.6) is 0 Å². The molecule has 4 aliphatic carbocycles. The first-order valence-electron chi connectivity index (χ1n) is 13.8. The second-order valence-corrected chi connectivity index (χ2v) is 12.6. The van der Waals surface area contributed by atoms with Gasteiger partial charge in [-0.1, -0.05) is 44.9 Å². The normalized spacial score (nSPS) is 43.2. The summed E-state index contributed by atoms with van der Waals surface area (Å²) >= 11 is 0. The number of aromatic nitrogens is 1. The van der Waals surface area contributed by atoms with E-state index in [1.165, 1.54) is 44.9 Å². The highest BCUT2D eigenvalue weighted by atomic mass is 16.3. The minimum atomic E-state index is -0.458. The first kappa shape index (κ1) is 23.5. The monoisotopic (exact) mass is 451 g/mol. The largest absolute Gasteiger partial charge is 0.390 e. The van der Waals surface area contributed by atoms with E-state index < -0.39 is 5.60 Å². The third-order valence-corrected chi connectivity index (χ3v) is 11.2. The molecule has 3 saturated carbocycles. The smallest absolute Gasteiger partial charge is 0.0804 e. The maximum atomic E-state index is 11.0. The minimum Gasteiger partial charge on any atom is -0.390 e. The summed E-state index contributed by atoms with van der Waals surface area (Å²) < 4.78 is 0. The lowest BCUT2D eigenvalue weighted by Crippen LogP contribution is -2.52. The molecular formula is C30H45NO2. The van der Waals surface area contributed by atoms with Gasteiger partial charge in [0, 0.05) is 12.4 Å². The van der Waals surface area contributed by atoms with Crippen LogP contribution in [0.3, 0.4) is 0 Å². The van der Waals surface area contributed by atoms with Crippen molar-refractivity contribution in [3.05, 3.63) is 41.7 Å². The van der Waals surface area contributed by atoms with E-state index in [1.807, 2.05) is 12.1 Å². The number of hydrogen-bond donors (Lipinski definition) is 2. The fourth-order valence-corrected chi connectivity index (χ4v) is 8.89. The lowest BCUT2D eigenvalue weighted by Gasteiger charge is -2.59. The summed E-state index contributed by atoms with van der Waals surface area (Å²) in [5.41, 5.74) is 2.87. The van der Waals surface area contributed by atoms with Crippen LogP contribution in [0.25, 0.3) is 0 Å². The van der Waals surface area contributed by atoms with Crippen molar-refractivity contribution < 1.29 is 10.2 Å². The Morgan fingerprint density at radius 3 is 2.73 bits per heavy atom. The maximum absolute atomic E-state index is 11.0. The third kappa shape index (κ3) is 4.01. The van der Waals surface area contributed by atoms with Gasteiger partial charge in [-0.2, -0.15) is 0 Å². The molecule has 2 N–H and O–H groups in total. The van der Waals surface area contributed by atoms with Gasteiger partial charge in [0.15, 0.2) is 0 Å². The maximum Gasteiger partial charge on any atom is 0.0804 e. The van der Waals surface area contributed by atoms with Gasteiger partial charge in [-0.15, -0.1) is 0 Å². The average molecular weight is 452 g/mol. The summed E-state index contributed by atoms with van der Waals surface area (Å²) in [5.74, 6) is 3.30. The van der Waals surface area contributed by atoms with Gasteiger partial charge in [0.2, 0.25) is 0 Å². The number of rotatable bonds is 6. The standard InChI is InChI=1S/C30H45NO2/c1-4-30(33)17-16-29(3)23(19-30)10-12-24-25-13-11-22(28(25,2)15-14-26(24)29)8-5-9-27(32)21-7-6-18-31-20-21/h6-7,10,18,20,22,24-27,32-33H,4-5,8-9,11-17,19H2,1-3H3/t22-,24-,25-,26-,27?,28+,29-,30-/m0/s1. The van der Waals surface area contributed by atoms with Crippen molar-refractivity contribution >= 4 is 0 Å². The Bertz CT molecular complexity index is 867. The molecule has 3 nitrogen and oxygen atoms in total. The zero-order valence-corrected chi connectivity index (χ0v) is 21.1. The predicted octanol–water partition coefficient (Wildman–Crippen LogP) is 7.01. The van der Waals surface area contributed by atoms with E-state index in [-0.39, 0.29) is 6.10 Å². The zero-order chi connectivity index (χ0) is 23.3. The van der Waals surface area contributed by atoms with Crippen LogP contribution in [0.15, 0.2) is 36.2 Å². The molecular weight excluding hydrogens is 406 g/mol. The molecule has 33 heavy (non-hydrogen) atoms. The number of aliphatic hydroxyl groups is 2. The number of hydrogen-bond acceptors (Lipinski definition) is 3. The molecule has 0 aromatic carbocycles. The van der Waals surface area contributed by atoms with Gasteiger partial charge >= 0.3 is 0 Å². The molecule has 1 heterocycles. The Hall–Kier alpha value is -1.19. The molecule has 8 atom stereocenters. The van der Waals surface area contributed by atoms with E-state index in [9.17, 15) is 10.2 Å². The Balaban J connectivity index is 1.25. The molecule has 5 rings (SSSR count). The van der Waals surface area contributed by atoms with Gasteiger partial charge < -0.3 is 10.2 Å². The van der Waals surface area contributed by atoms with Gasteiger partial charge in [-0.25, -0.2) is 0 Å². The summed E-state index contributed by atoms with van der Waals surface area (Å²) in [4.78, 5) is 4.16. The number of nitrogens with zero attached hydrogens (tertiary/aromatic N) is 1. The number of aliphatic hydroxyl groups excluding tert-OH is 1. The van der Waals surface area contributed by atoms with E-state index in [0.717, 1.165) is 61.3 Å². The van der Waals surface area contributed by atoms with Crippen molar-refractivity contribution in [2.45, 2.75) is 110 Å². The lowest BCUT2D eigenvalue weighted by atomic mass is 9.46. The Morgan fingerprint density at radius 1 is 1.12 bits per heavy atom. The highest BCUT2D eigenvalue weighted by Gasteiger charge is 2.59. The van der Waals surface area contributed by atoms with Gasteiger partial charge in [0.1, 0.15) is 0 Å². The molecule has 0 spiro atoms. The van der Waals surface area contributed by atoms with Gasteiger partial charge in [0.25, 0.3) is 0 Å². The van der Waals surface area contributed by atoms with Crippen molar-refractivity contribution in [2.75, 3.05) is 0 Å². The SMILES string of the molecule is CC[C@]1(O)CC[C@@]2(C)C(=CC[C@H]3[C@@H]4CC[C@H](CCCC(O)c5cccnc5)[C@@]4(C)CC[C@@H]32)C1. The van der Waals surface area contributed by atoms with Crippen LogP contribution in [-0.2, 0) is 0 Å². The Morgan fingerprint density at radius 2 is 1.97 bits per heavy atom. The van der Waals surface area contributed by atoms with Crippen molar-refractivity contribution in [1.82, 2.24) is 4.98 Å². The fraction of sp³-hybridized carbons (Fsp3) is 0.767. The summed E-state index contributed by atoms with van der Waals surface area (Å²) in [6.07, 6.45) is 19.7. The van der Waals surface area contributed by atoms with Crippen LogP contribution >= 0.6 is 0 Å².